The van der Waals surface area contributed by atoms with E-state index in [1.165, 1.54) is 4.88 Å². The second-order valence-electron chi connectivity index (χ2n) is 4.99. The summed E-state index contributed by atoms with van der Waals surface area (Å²) in [5, 5.41) is 4.31. The number of hydrogen-bond acceptors (Lipinski definition) is 5. The molecule has 3 N–H and O–H groups in total. The molecule has 5 heteroatoms. The topological polar surface area (TPSA) is 60.2 Å². The molecular weight excluding hydrogens is 246 g/mol. The highest BCUT2D eigenvalue weighted by molar-refractivity contribution is 7.15. The monoisotopic (exact) mass is 269 g/mol. The SMILES string of the molecule is Cc1nc(NCCOC2CCC(N)CC2)sc1C. The number of ether oxygens (including phenoxy) is 1. The van der Waals surface area contributed by atoms with Crippen LogP contribution in [0.4, 0.5) is 5.13 Å². The average Bonchev–Trinajstić information content (AvgIpc) is 2.67. The summed E-state index contributed by atoms with van der Waals surface area (Å²) in [6, 6.07) is 0.393. The molecule has 1 saturated carbocycles. The predicted octanol–water partition coefficient (Wildman–Crippen LogP) is 2.46. The number of rotatable bonds is 5. The summed E-state index contributed by atoms with van der Waals surface area (Å²) in [5.74, 6) is 0. The van der Waals surface area contributed by atoms with Crippen LogP contribution < -0.4 is 11.1 Å². The Labute approximate surface area is 113 Å². The van der Waals surface area contributed by atoms with Crippen molar-refractivity contribution in [2.75, 3.05) is 18.5 Å². The minimum atomic E-state index is 0.393. The van der Waals surface area contributed by atoms with Crippen molar-refractivity contribution in [3.8, 4) is 0 Å². The molecule has 1 aliphatic rings. The molecule has 0 aliphatic heterocycles. The number of aromatic nitrogens is 1. The molecular formula is C13H23N3OS. The van der Waals surface area contributed by atoms with E-state index in [2.05, 4.69) is 17.2 Å². The van der Waals surface area contributed by atoms with E-state index in [1.54, 1.807) is 11.3 Å². The van der Waals surface area contributed by atoms with Crippen LogP contribution in [0.25, 0.3) is 0 Å². The van der Waals surface area contributed by atoms with E-state index in [4.69, 9.17) is 10.5 Å². The van der Waals surface area contributed by atoms with Gasteiger partial charge < -0.3 is 15.8 Å². The van der Waals surface area contributed by atoms with E-state index >= 15 is 0 Å². The minimum Gasteiger partial charge on any atom is -0.376 e. The molecule has 0 radical (unpaired) electrons. The lowest BCUT2D eigenvalue weighted by molar-refractivity contribution is 0.0313. The molecule has 1 aromatic heterocycles. The fourth-order valence-corrected chi connectivity index (χ4v) is 3.03. The van der Waals surface area contributed by atoms with Gasteiger partial charge in [-0.25, -0.2) is 4.98 Å². The third kappa shape index (κ3) is 3.93. The molecule has 1 heterocycles. The van der Waals surface area contributed by atoms with Crippen molar-refractivity contribution in [1.29, 1.82) is 0 Å². The molecule has 0 saturated heterocycles. The van der Waals surface area contributed by atoms with Gasteiger partial charge in [-0.05, 0) is 39.5 Å². The molecule has 1 aliphatic carbocycles. The second-order valence-corrected chi connectivity index (χ2v) is 6.20. The number of thiazole rings is 1. The van der Waals surface area contributed by atoms with E-state index < -0.39 is 0 Å². The normalized spacial score (nSPS) is 24.2. The Hall–Kier alpha value is -0.650. The van der Waals surface area contributed by atoms with Crippen molar-refractivity contribution >= 4 is 16.5 Å². The maximum atomic E-state index is 5.87. The van der Waals surface area contributed by atoms with E-state index in [9.17, 15) is 0 Å². The van der Waals surface area contributed by atoms with Crippen LogP contribution in [-0.2, 0) is 4.74 Å². The first-order valence-electron chi connectivity index (χ1n) is 6.70. The standard InChI is InChI=1S/C13H23N3OS/c1-9-10(2)18-13(16-9)15-7-8-17-12-5-3-11(14)4-6-12/h11-12H,3-8,14H2,1-2H3,(H,15,16). The summed E-state index contributed by atoms with van der Waals surface area (Å²) in [6.07, 6.45) is 4.82. The van der Waals surface area contributed by atoms with Gasteiger partial charge in [-0.15, -0.1) is 11.3 Å². The van der Waals surface area contributed by atoms with E-state index in [1.807, 2.05) is 6.92 Å². The van der Waals surface area contributed by atoms with Crippen molar-refractivity contribution in [2.45, 2.75) is 51.7 Å². The third-order valence-corrected chi connectivity index (χ3v) is 4.51. The van der Waals surface area contributed by atoms with E-state index in [0.29, 0.717) is 12.1 Å². The molecule has 4 nitrogen and oxygen atoms in total. The number of hydrogen-bond donors (Lipinski definition) is 2. The Balaban J connectivity index is 1.61. The van der Waals surface area contributed by atoms with Crippen molar-refractivity contribution in [2.24, 2.45) is 5.73 Å². The van der Waals surface area contributed by atoms with Gasteiger partial charge in [0.15, 0.2) is 5.13 Å². The van der Waals surface area contributed by atoms with Gasteiger partial charge in [-0.1, -0.05) is 0 Å². The third-order valence-electron chi connectivity index (χ3n) is 3.48. The Morgan fingerprint density at radius 1 is 1.33 bits per heavy atom. The average molecular weight is 269 g/mol. The first-order chi connectivity index (χ1) is 8.65. The fraction of sp³-hybridized carbons (Fsp3) is 0.769. The van der Waals surface area contributed by atoms with Gasteiger partial charge in [0.05, 0.1) is 18.4 Å². The summed E-state index contributed by atoms with van der Waals surface area (Å²) >= 11 is 1.71. The zero-order chi connectivity index (χ0) is 13.0. The van der Waals surface area contributed by atoms with E-state index in [-0.39, 0.29) is 0 Å². The highest BCUT2D eigenvalue weighted by atomic mass is 32.1. The van der Waals surface area contributed by atoms with Gasteiger partial charge in [-0.2, -0.15) is 0 Å². The fourth-order valence-electron chi connectivity index (χ4n) is 2.19. The molecule has 1 fully saturated rings. The molecule has 0 aromatic carbocycles. The molecule has 102 valence electrons. The highest BCUT2D eigenvalue weighted by Crippen LogP contribution is 2.21. The lowest BCUT2D eigenvalue weighted by Gasteiger charge is -2.26. The van der Waals surface area contributed by atoms with Gasteiger partial charge in [0.25, 0.3) is 0 Å². The van der Waals surface area contributed by atoms with Crippen molar-refractivity contribution in [3.63, 3.8) is 0 Å². The number of nitrogens with one attached hydrogen (secondary N) is 1. The summed E-state index contributed by atoms with van der Waals surface area (Å²) in [4.78, 5) is 5.72. The van der Waals surface area contributed by atoms with Crippen LogP contribution in [0.5, 0.6) is 0 Å². The largest absolute Gasteiger partial charge is 0.376 e. The predicted molar refractivity (Wildman–Crippen MR) is 76.3 cm³/mol. The molecule has 1 aromatic rings. The molecule has 0 bridgehead atoms. The van der Waals surface area contributed by atoms with Gasteiger partial charge in [0.1, 0.15) is 0 Å². The van der Waals surface area contributed by atoms with E-state index in [0.717, 1.165) is 49.7 Å². The maximum Gasteiger partial charge on any atom is 0.183 e. The summed E-state index contributed by atoms with van der Waals surface area (Å²) < 4.78 is 5.85. The molecule has 0 unspecified atom stereocenters. The van der Waals surface area contributed by atoms with Crippen LogP contribution in [0.3, 0.4) is 0 Å². The first kappa shape index (κ1) is 13.8. The summed E-state index contributed by atoms with van der Waals surface area (Å²) in [6.45, 7) is 5.71. The number of aryl methyl sites for hydroxylation is 2. The number of nitrogens with two attached hydrogens (primary N) is 1. The van der Waals surface area contributed by atoms with Crippen molar-refractivity contribution in [1.82, 2.24) is 4.98 Å². The highest BCUT2D eigenvalue weighted by Gasteiger charge is 2.18. The Kier molecular flexibility index (Phi) is 4.97. The molecule has 0 spiro atoms. The summed E-state index contributed by atoms with van der Waals surface area (Å²) in [7, 11) is 0. The van der Waals surface area contributed by atoms with Gasteiger partial charge in [-0.3, -0.25) is 0 Å². The van der Waals surface area contributed by atoms with Crippen molar-refractivity contribution in [3.05, 3.63) is 10.6 Å². The molecule has 0 amide bonds. The second kappa shape index (κ2) is 6.50. The van der Waals surface area contributed by atoms with Gasteiger partial charge >= 0.3 is 0 Å². The quantitative estimate of drug-likeness (QED) is 0.806. The van der Waals surface area contributed by atoms with Crippen LogP contribution in [0, 0.1) is 13.8 Å². The summed E-state index contributed by atoms with van der Waals surface area (Å²) in [5.41, 5.74) is 6.98. The van der Waals surface area contributed by atoms with Gasteiger partial charge in [0.2, 0.25) is 0 Å². The van der Waals surface area contributed by atoms with Crippen LogP contribution >= 0.6 is 11.3 Å². The Morgan fingerprint density at radius 2 is 2.06 bits per heavy atom. The van der Waals surface area contributed by atoms with Gasteiger partial charge in [0, 0.05) is 17.5 Å². The lowest BCUT2D eigenvalue weighted by atomic mass is 9.94. The molecule has 0 atom stereocenters. The number of nitrogens with zero attached hydrogens (tertiary/aromatic N) is 1. The maximum absolute atomic E-state index is 5.87. The van der Waals surface area contributed by atoms with Crippen LogP contribution in [0.1, 0.15) is 36.3 Å². The Morgan fingerprint density at radius 3 is 2.67 bits per heavy atom. The molecule has 2 rings (SSSR count). The van der Waals surface area contributed by atoms with Crippen LogP contribution in [0.2, 0.25) is 0 Å². The first-order valence-corrected chi connectivity index (χ1v) is 7.52. The minimum absolute atomic E-state index is 0.393. The zero-order valence-electron chi connectivity index (χ0n) is 11.2. The smallest absolute Gasteiger partial charge is 0.183 e. The Bertz CT molecular complexity index is 353. The number of anilines is 1. The van der Waals surface area contributed by atoms with Crippen molar-refractivity contribution < 1.29 is 4.74 Å². The lowest BCUT2D eigenvalue weighted by Crippen LogP contribution is -2.31. The van der Waals surface area contributed by atoms with Crippen LogP contribution in [-0.4, -0.2) is 30.3 Å². The molecule has 18 heavy (non-hydrogen) atoms. The van der Waals surface area contributed by atoms with Crippen LogP contribution in [0.15, 0.2) is 0 Å². The zero-order valence-corrected chi connectivity index (χ0v) is 12.1.